The summed E-state index contributed by atoms with van der Waals surface area (Å²) < 4.78 is 44.3. The highest BCUT2D eigenvalue weighted by atomic mass is 19.4. The molecule has 0 atom stereocenters. The predicted octanol–water partition coefficient (Wildman–Crippen LogP) is 7.74. The maximum Gasteiger partial charge on any atom is 0.416 e. The molecule has 0 aliphatic carbocycles. The monoisotopic (exact) mass is 524 g/mol. The topological polar surface area (TPSA) is 58.6 Å². The number of rotatable bonds is 4. The van der Waals surface area contributed by atoms with Crippen LogP contribution in [0.3, 0.4) is 0 Å². The maximum atomic E-state index is 13.1. The molecule has 0 spiro atoms. The minimum Gasteiger partial charge on any atom is -0.444 e. The minimum absolute atomic E-state index is 0.286. The Balaban J connectivity index is 1.39. The second-order valence-electron chi connectivity index (χ2n) is 10.4. The summed E-state index contributed by atoms with van der Waals surface area (Å²) in [4.78, 5) is 27.1. The average Bonchev–Trinajstić information content (AvgIpc) is 2.88. The number of ether oxygens (including phenoxy) is 1. The van der Waals surface area contributed by atoms with Gasteiger partial charge in [-0.3, -0.25) is 4.79 Å². The summed E-state index contributed by atoms with van der Waals surface area (Å²) >= 11 is 0. The minimum atomic E-state index is -4.42. The number of hydrogen-bond donors (Lipinski definition) is 1. The number of benzene rings is 3. The molecule has 1 heterocycles. The molecule has 3 aromatic rings. The normalized spacial score (nSPS) is 14.7. The zero-order valence-corrected chi connectivity index (χ0v) is 21.6. The number of piperidine rings is 1. The third-order valence-corrected chi connectivity index (χ3v) is 6.48. The van der Waals surface area contributed by atoms with Crippen molar-refractivity contribution in [3.63, 3.8) is 0 Å². The van der Waals surface area contributed by atoms with Crippen LogP contribution in [-0.4, -0.2) is 35.6 Å². The van der Waals surface area contributed by atoms with E-state index in [2.05, 4.69) is 5.32 Å². The molecule has 4 rings (SSSR count). The number of amides is 2. The number of carbonyl (C=O) groups excluding carboxylic acids is 2. The molecule has 0 aromatic heterocycles. The highest BCUT2D eigenvalue weighted by molar-refractivity contribution is 6.08. The molecular weight excluding hydrogens is 493 g/mol. The summed E-state index contributed by atoms with van der Waals surface area (Å²) in [6, 6.07) is 19.2. The van der Waals surface area contributed by atoms with E-state index in [1.165, 1.54) is 12.1 Å². The smallest absolute Gasteiger partial charge is 0.416 e. The molecule has 200 valence electrons. The molecule has 2 amide bonds. The van der Waals surface area contributed by atoms with Crippen molar-refractivity contribution in [3.8, 4) is 11.1 Å². The van der Waals surface area contributed by atoms with Gasteiger partial charge in [0.15, 0.2) is 0 Å². The summed E-state index contributed by atoms with van der Waals surface area (Å²) in [5, 5.41) is 2.89. The quantitative estimate of drug-likeness (QED) is 0.380. The third kappa shape index (κ3) is 6.73. The van der Waals surface area contributed by atoms with Crippen molar-refractivity contribution in [3.05, 3.63) is 89.5 Å². The first-order valence-electron chi connectivity index (χ1n) is 12.6. The largest absolute Gasteiger partial charge is 0.444 e. The van der Waals surface area contributed by atoms with Crippen LogP contribution < -0.4 is 5.32 Å². The maximum absolute atomic E-state index is 13.1. The summed E-state index contributed by atoms with van der Waals surface area (Å²) in [7, 11) is 0. The first-order chi connectivity index (χ1) is 17.9. The lowest BCUT2D eigenvalue weighted by molar-refractivity contribution is -0.137. The molecule has 0 radical (unpaired) electrons. The zero-order valence-electron chi connectivity index (χ0n) is 21.6. The van der Waals surface area contributed by atoms with Crippen LogP contribution in [0.5, 0.6) is 0 Å². The van der Waals surface area contributed by atoms with Crippen LogP contribution in [0.1, 0.15) is 61.0 Å². The van der Waals surface area contributed by atoms with E-state index < -0.39 is 17.3 Å². The van der Waals surface area contributed by atoms with Gasteiger partial charge in [0.05, 0.1) is 5.56 Å². The van der Waals surface area contributed by atoms with Gasteiger partial charge in [-0.2, -0.15) is 13.2 Å². The van der Waals surface area contributed by atoms with Crippen LogP contribution in [-0.2, 0) is 10.9 Å². The highest BCUT2D eigenvalue weighted by Gasteiger charge is 2.30. The third-order valence-electron chi connectivity index (χ3n) is 6.48. The van der Waals surface area contributed by atoms with Crippen molar-refractivity contribution < 1.29 is 27.5 Å². The fraction of sp³-hybridized carbons (Fsp3) is 0.333. The number of hydrogen-bond acceptors (Lipinski definition) is 3. The first kappa shape index (κ1) is 27.2. The van der Waals surface area contributed by atoms with Crippen LogP contribution in [0.4, 0.5) is 23.7 Å². The van der Waals surface area contributed by atoms with E-state index >= 15 is 0 Å². The highest BCUT2D eigenvalue weighted by Crippen LogP contribution is 2.33. The van der Waals surface area contributed by atoms with Crippen LogP contribution >= 0.6 is 0 Å². The van der Waals surface area contributed by atoms with Crippen molar-refractivity contribution in [2.45, 2.75) is 51.3 Å². The average molecular weight is 525 g/mol. The standard InChI is InChI=1S/C30H31F3N2O3/c1-29(2,3)38-28(37)35-18-16-21(17-19-35)20-10-14-24(15-11-20)34-27(36)26-7-5-4-6-25(26)22-8-12-23(13-9-22)30(31,32)33/h4-15,21H,16-19H2,1-3H3,(H,34,36). The van der Waals surface area contributed by atoms with Gasteiger partial charge in [-0.1, -0.05) is 42.5 Å². The van der Waals surface area contributed by atoms with Gasteiger partial charge < -0.3 is 15.0 Å². The van der Waals surface area contributed by atoms with E-state index in [9.17, 15) is 22.8 Å². The van der Waals surface area contributed by atoms with Crippen molar-refractivity contribution in [2.24, 2.45) is 0 Å². The van der Waals surface area contributed by atoms with Gasteiger partial charge in [0.1, 0.15) is 5.60 Å². The lowest BCUT2D eigenvalue weighted by atomic mass is 9.89. The number of nitrogens with one attached hydrogen (secondary N) is 1. The molecule has 0 bridgehead atoms. The summed E-state index contributed by atoms with van der Waals surface area (Å²) in [6.07, 6.45) is -3.06. The molecule has 8 heteroatoms. The predicted molar refractivity (Wildman–Crippen MR) is 141 cm³/mol. The zero-order chi connectivity index (χ0) is 27.5. The van der Waals surface area contributed by atoms with Crippen LogP contribution in [0, 0.1) is 0 Å². The molecule has 1 fully saturated rings. The fourth-order valence-electron chi connectivity index (χ4n) is 4.53. The molecule has 5 nitrogen and oxygen atoms in total. The van der Waals surface area contributed by atoms with Crippen molar-refractivity contribution in [1.82, 2.24) is 4.90 Å². The van der Waals surface area contributed by atoms with Gasteiger partial charge >= 0.3 is 12.3 Å². The Labute approximate surface area is 220 Å². The lowest BCUT2D eigenvalue weighted by Crippen LogP contribution is -2.41. The Bertz CT molecular complexity index is 1270. The number of halogens is 3. The van der Waals surface area contributed by atoms with Crippen molar-refractivity contribution >= 4 is 17.7 Å². The van der Waals surface area contributed by atoms with E-state index in [1.54, 1.807) is 29.2 Å². The Morgan fingerprint density at radius 2 is 1.47 bits per heavy atom. The Hall–Kier alpha value is -3.81. The summed E-state index contributed by atoms with van der Waals surface area (Å²) in [5.74, 6) is -0.0437. The molecule has 0 unspecified atom stereocenters. The molecule has 1 N–H and O–H groups in total. The van der Waals surface area contributed by atoms with E-state index in [4.69, 9.17) is 4.74 Å². The fourth-order valence-corrected chi connectivity index (χ4v) is 4.53. The van der Waals surface area contributed by atoms with E-state index in [1.807, 2.05) is 45.0 Å². The number of carbonyl (C=O) groups is 2. The molecule has 3 aromatic carbocycles. The Morgan fingerprint density at radius 3 is 2.05 bits per heavy atom. The van der Waals surface area contributed by atoms with Gasteiger partial charge in [-0.15, -0.1) is 0 Å². The molecule has 1 aliphatic rings. The van der Waals surface area contributed by atoms with Gasteiger partial charge in [-0.25, -0.2) is 4.79 Å². The summed E-state index contributed by atoms with van der Waals surface area (Å²) in [6.45, 7) is 6.81. The lowest BCUT2D eigenvalue weighted by Gasteiger charge is -2.33. The Kier molecular flexibility index (Phi) is 7.81. The van der Waals surface area contributed by atoms with Crippen LogP contribution in [0.15, 0.2) is 72.8 Å². The number of alkyl halides is 3. The number of anilines is 1. The number of nitrogens with zero attached hydrogens (tertiary/aromatic N) is 1. The second kappa shape index (κ2) is 10.9. The van der Waals surface area contributed by atoms with Gasteiger partial charge in [0, 0.05) is 24.3 Å². The number of likely N-dealkylation sites (tertiary alicyclic amines) is 1. The van der Waals surface area contributed by atoms with Crippen molar-refractivity contribution in [1.29, 1.82) is 0 Å². The van der Waals surface area contributed by atoms with Gasteiger partial charge in [0.2, 0.25) is 0 Å². The van der Waals surface area contributed by atoms with Crippen molar-refractivity contribution in [2.75, 3.05) is 18.4 Å². The van der Waals surface area contributed by atoms with E-state index in [-0.39, 0.29) is 12.0 Å². The molecule has 38 heavy (non-hydrogen) atoms. The van der Waals surface area contributed by atoms with E-state index in [0.717, 1.165) is 30.5 Å². The van der Waals surface area contributed by atoms with Gasteiger partial charge in [-0.05, 0) is 86.6 Å². The van der Waals surface area contributed by atoms with Crippen LogP contribution in [0.2, 0.25) is 0 Å². The molecule has 0 saturated carbocycles. The Morgan fingerprint density at radius 1 is 0.868 bits per heavy atom. The first-order valence-corrected chi connectivity index (χ1v) is 12.6. The van der Waals surface area contributed by atoms with Crippen LogP contribution in [0.25, 0.3) is 11.1 Å². The second-order valence-corrected chi connectivity index (χ2v) is 10.4. The molecule has 1 aliphatic heterocycles. The molecule has 1 saturated heterocycles. The molecular formula is C30H31F3N2O3. The summed E-state index contributed by atoms with van der Waals surface area (Å²) in [5.41, 5.74) is 1.93. The van der Waals surface area contributed by atoms with E-state index in [0.29, 0.717) is 41.4 Å². The van der Waals surface area contributed by atoms with Gasteiger partial charge in [0.25, 0.3) is 5.91 Å². The SMILES string of the molecule is CC(C)(C)OC(=O)N1CCC(c2ccc(NC(=O)c3ccccc3-c3ccc(C(F)(F)F)cc3)cc2)CC1.